The van der Waals surface area contributed by atoms with Crippen molar-refractivity contribution >= 4 is 29.3 Å². The van der Waals surface area contributed by atoms with E-state index in [1.165, 1.54) is 18.4 Å². The van der Waals surface area contributed by atoms with Gasteiger partial charge in [-0.05, 0) is 92.2 Å². The van der Waals surface area contributed by atoms with Gasteiger partial charge in [0.15, 0.2) is 0 Å². The molecule has 1 fully saturated rings. The molecule has 0 aromatic carbocycles. The third-order valence-electron chi connectivity index (χ3n) is 6.28. The maximum Gasteiger partial charge on any atom is 0.116 e. The summed E-state index contributed by atoms with van der Waals surface area (Å²) in [6, 6.07) is 8.20. The first-order valence-corrected chi connectivity index (χ1v) is 11.2. The Morgan fingerprint density at radius 1 is 1.22 bits per heavy atom. The van der Waals surface area contributed by atoms with E-state index in [0.29, 0.717) is 0 Å². The van der Waals surface area contributed by atoms with Crippen LogP contribution in [0.3, 0.4) is 0 Å². The zero-order valence-electron chi connectivity index (χ0n) is 18.4. The Hall–Kier alpha value is -3.51. The minimum absolute atomic E-state index is 0.751. The van der Waals surface area contributed by atoms with E-state index in [1.54, 1.807) is 6.20 Å². The summed E-state index contributed by atoms with van der Waals surface area (Å²) in [6.07, 6.45) is 13.5. The molecule has 1 saturated heterocycles. The zero-order chi connectivity index (χ0) is 21.9. The molecule has 0 spiro atoms. The van der Waals surface area contributed by atoms with Crippen LogP contribution in [0, 0.1) is 5.92 Å². The van der Waals surface area contributed by atoms with E-state index in [1.807, 2.05) is 36.7 Å². The van der Waals surface area contributed by atoms with Crippen molar-refractivity contribution < 1.29 is 0 Å². The van der Waals surface area contributed by atoms with E-state index in [-0.39, 0.29) is 0 Å². The fourth-order valence-corrected chi connectivity index (χ4v) is 4.36. The molecule has 1 aliphatic heterocycles. The molecule has 0 radical (unpaired) electrons. The van der Waals surface area contributed by atoms with E-state index >= 15 is 0 Å². The highest BCUT2D eigenvalue weighted by Gasteiger charge is 2.14. The summed E-state index contributed by atoms with van der Waals surface area (Å²) < 4.78 is 0. The van der Waals surface area contributed by atoms with Gasteiger partial charge in [0.05, 0.1) is 22.1 Å². The summed E-state index contributed by atoms with van der Waals surface area (Å²) in [7, 11) is 0. The number of aromatic nitrogens is 5. The number of piperidine rings is 1. The number of nitrogens with zero attached hydrogens (tertiary/aromatic N) is 3. The molecule has 6 heteroatoms. The van der Waals surface area contributed by atoms with Gasteiger partial charge in [0.25, 0.3) is 0 Å². The highest BCUT2D eigenvalue weighted by Crippen LogP contribution is 2.21. The van der Waals surface area contributed by atoms with E-state index in [4.69, 9.17) is 0 Å². The predicted molar refractivity (Wildman–Crippen MR) is 130 cm³/mol. The molecule has 4 aromatic rings. The molecular formula is C26H28N6. The van der Waals surface area contributed by atoms with Crippen LogP contribution >= 0.6 is 0 Å². The van der Waals surface area contributed by atoms with Crippen molar-refractivity contribution in [1.82, 2.24) is 30.5 Å². The maximum absolute atomic E-state index is 4.50. The largest absolute Gasteiger partial charge is 0.352 e. The second-order valence-corrected chi connectivity index (χ2v) is 8.58. The number of pyridine rings is 2. The number of rotatable bonds is 5. The van der Waals surface area contributed by atoms with Crippen LogP contribution in [0.2, 0.25) is 0 Å². The SMILES string of the molecule is C=c1c(-c2cc3ncccc3[nH]2)n[nH]/c1=C/C=C(\C)c1cncc(CC2CCNCC2)c1. The van der Waals surface area contributed by atoms with Crippen molar-refractivity contribution in [3.8, 4) is 11.4 Å². The van der Waals surface area contributed by atoms with Crippen LogP contribution in [0.1, 0.15) is 30.9 Å². The van der Waals surface area contributed by atoms with Gasteiger partial charge in [-0.25, -0.2) is 0 Å². The Bertz CT molecular complexity index is 1340. The first-order chi connectivity index (χ1) is 15.7. The Morgan fingerprint density at radius 3 is 2.94 bits per heavy atom. The summed E-state index contributed by atoms with van der Waals surface area (Å²) in [5.41, 5.74) is 7.26. The summed E-state index contributed by atoms with van der Waals surface area (Å²) in [5.74, 6) is 0.751. The predicted octanol–water partition coefficient (Wildman–Crippen LogP) is 3.18. The highest BCUT2D eigenvalue weighted by atomic mass is 15.1. The third-order valence-corrected chi connectivity index (χ3v) is 6.28. The van der Waals surface area contributed by atoms with Crippen LogP contribution in [-0.4, -0.2) is 38.2 Å². The number of aromatic amines is 2. The second-order valence-electron chi connectivity index (χ2n) is 8.58. The average molecular weight is 425 g/mol. The zero-order valence-corrected chi connectivity index (χ0v) is 18.4. The van der Waals surface area contributed by atoms with Gasteiger partial charge in [-0.2, -0.15) is 5.10 Å². The first kappa shape index (κ1) is 20.4. The smallest absolute Gasteiger partial charge is 0.116 e. The normalized spacial score (nSPS) is 16.2. The number of hydrogen-bond acceptors (Lipinski definition) is 4. The summed E-state index contributed by atoms with van der Waals surface area (Å²) in [4.78, 5) is 12.2. The lowest BCUT2D eigenvalue weighted by Crippen LogP contribution is -2.28. The number of hydrogen-bond donors (Lipinski definition) is 3. The average Bonchev–Trinajstić information content (AvgIpc) is 3.41. The summed E-state index contributed by atoms with van der Waals surface area (Å²) >= 11 is 0. The van der Waals surface area contributed by atoms with Crippen molar-refractivity contribution in [2.24, 2.45) is 5.92 Å². The Morgan fingerprint density at radius 2 is 2.09 bits per heavy atom. The number of fused-ring (bicyclic) bond motifs is 1. The van der Waals surface area contributed by atoms with Crippen molar-refractivity contribution in [3.63, 3.8) is 0 Å². The van der Waals surface area contributed by atoms with Crippen LogP contribution in [0.15, 0.2) is 48.9 Å². The number of allylic oxidation sites excluding steroid dienone is 2. The molecule has 1 aliphatic rings. The maximum atomic E-state index is 4.50. The molecule has 0 unspecified atom stereocenters. The van der Waals surface area contributed by atoms with E-state index in [2.05, 4.69) is 56.1 Å². The summed E-state index contributed by atoms with van der Waals surface area (Å²) in [6.45, 7) is 8.61. The van der Waals surface area contributed by atoms with Crippen LogP contribution in [-0.2, 0) is 6.42 Å². The van der Waals surface area contributed by atoms with Crippen molar-refractivity contribution in [2.75, 3.05) is 13.1 Å². The Kier molecular flexibility index (Phi) is 5.69. The molecule has 5 rings (SSSR count). The monoisotopic (exact) mass is 424 g/mol. The lowest BCUT2D eigenvalue weighted by molar-refractivity contribution is 0.372. The lowest BCUT2D eigenvalue weighted by Gasteiger charge is -2.22. The van der Waals surface area contributed by atoms with Gasteiger partial charge in [0, 0.05) is 23.8 Å². The van der Waals surface area contributed by atoms with Crippen molar-refractivity contribution in [3.05, 3.63) is 70.6 Å². The fourth-order valence-electron chi connectivity index (χ4n) is 4.36. The molecular weight excluding hydrogens is 396 g/mol. The minimum Gasteiger partial charge on any atom is -0.352 e. The molecule has 0 atom stereocenters. The molecule has 4 aromatic heterocycles. The molecule has 0 aliphatic carbocycles. The molecule has 162 valence electrons. The van der Waals surface area contributed by atoms with Gasteiger partial charge in [-0.1, -0.05) is 12.7 Å². The van der Waals surface area contributed by atoms with Gasteiger partial charge < -0.3 is 10.3 Å². The van der Waals surface area contributed by atoms with E-state index in [9.17, 15) is 0 Å². The molecule has 6 nitrogen and oxygen atoms in total. The van der Waals surface area contributed by atoms with Crippen molar-refractivity contribution in [2.45, 2.75) is 26.2 Å². The molecule has 0 amide bonds. The quantitative estimate of drug-likeness (QED) is 0.460. The van der Waals surface area contributed by atoms with Crippen LogP contribution < -0.4 is 15.9 Å². The topological polar surface area (TPSA) is 82.3 Å². The van der Waals surface area contributed by atoms with Crippen LogP contribution in [0.25, 0.3) is 40.6 Å². The molecule has 3 N–H and O–H groups in total. The van der Waals surface area contributed by atoms with Crippen LogP contribution in [0.4, 0.5) is 0 Å². The van der Waals surface area contributed by atoms with Gasteiger partial charge in [0.2, 0.25) is 0 Å². The first-order valence-electron chi connectivity index (χ1n) is 11.2. The van der Waals surface area contributed by atoms with E-state index < -0.39 is 0 Å². The molecule has 0 saturated carbocycles. The molecule has 0 bridgehead atoms. The summed E-state index contributed by atoms with van der Waals surface area (Å²) in [5, 5.41) is 12.8. The molecule has 32 heavy (non-hydrogen) atoms. The van der Waals surface area contributed by atoms with Gasteiger partial charge in [-0.3, -0.25) is 15.1 Å². The van der Waals surface area contributed by atoms with Gasteiger partial charge in [-0.15, -0.1) is 0 Å². The number of H-pyrrole nitrogens is 2. The number of nitrogens with one attached hydrogen (secondary N) is 3. The Balaban J connectivity index is 1.38. The second kappa shape index (κ2) is 8.93. The molecule has 5 heterocycles. The lowest BCUT2D eigenvalue weighted by atomic mass is 9.91. The third kappa shape index (κ3) is 4.27. The highest BCUT2D eigenvalue weighted by molar-refractivity contribution is 5.81. The standard InChI is InChI=1S/C26H28N6/c1-17(21-13-20(15-28-16-21)12-19-7-10-27-11-8-19)5-6-22-18(2)26(32-31-22)25-14-24-23(30-25)4-3-9-29-24/h3-6,9,13-16,19,27,30-31H,2,7-8,10-12H2,1H3/b17-5+,22-6+. The van der Waals surface area contributed by atoms with Crippen molar-refractivity contribution in [1.29, 1.82) is 0 Å². The van der Waals surface area contributed by atoms with Crippen LogP contribution in [0.5, 0.6) is 0 Å². The Labute approximate surface area is 187 Å². The van der Waals surface area contributed by atoms with Gasteiger partial charge in [0.1, 0.15) is 5.69 Å². The van der Waals surface area contributed by atoms with E-state index in [0.717, 1.165) is 69.6 Å². The minimum atomic E-state index is 0.751. The fraction of sp³-hybridized carbons (Fsp3) is 0.269. The van der Waals surface area contributed by atoms with Gasteiger partial charge >= 0.3 is 0 Å².